The SMILES string of the molecule is OCCCNC1CC=CC=[N+]1O. The Morgan fingerprint density at radius 2 is 2.42 bits per heavy atom. The largest absolute Gasteiger partial charge is 0.396 e. The van der Waals surface area contributed by atoms with Crippen LogP contribution >= 0.6 is 0 Å². The number of hydrogen-bond donors (Lipinski definition) is 3. The van der Waals surface area contributed by atoms with Crippen molar-refractivity contribution in [2.24, 2.45) is 0 Å². The average molecular weight is 171 g/mol. The van der Waals surface area contributed by atoms with Crippen molar-refractivity contribution in [3.05, 3.63) is 12.2 Å². The van der Waals surface area contributed by atoms with Crippen molar-refractivity contribution in [1.82, 2.24) is 5.32 Å². The second-order valence-corrected chi connectivity index (χ2v) is 2.74. The minimum absolute atomic E-state index is 0.0402. The fourth-order valence-corrected chi connectivity index (χ4v) is 1.09. The molecule has 1 atom stereocenters. The van der Waals surface area contributed by atoms with Crippen LogP contribution in [0.15, 0.2) is 12.2 Å². The summed E-state index contributed by atoms with van der Waals surface area (Å²) in [5.41, 5.74) is 0. The van der Waals surface area contributed by atoms with Crippen LogP contribution in [0.4, 0.5) is 0 Å². The van der Waals surface area contributed by atoms with Gasteiger partial charge in [-0.3, -0.25) is 10.5 Å². The first-order valence-electron chi connectivity index (χ1n) is 4.16. The zero-order chi connectivity index (χ0) is 8.81. The third-order valence-electron chi connectivity index (χ3n) is 1.77. The van der Waals surface area contributed by atoms with E-state index in [0.29, 0.717) is 6.42 Å². The molecule has 0 radical (unpaired) electrons. The Balaban J connectivity index is 2.24. The van der Waals surface area contributed by atoms with E-state index >= 15 is 0 Å². The van der Waals surface area contributed by atoms with E-state index in [1.54, 1.807) is 6.21 Å². The Hall–Kier alpha value is -0.870. The molecular formula is C8H15N2O2+. The van der Waals surface area contributed by atoms with Crippen molar-refractivity contribution < 1.29 is 15.1 Å². The number of allylic oxidation sites excluding steroid dienone is 1. The van der Waals surface area contributed by atoms with Gasteiger partial charge in [-0.2, -0.15) is 0 Å². The molecule has 0 aromatic heterocycles. The van der Waals surface area contributed by atoms with Crippen LogP contribution in [0.2, 0.25) is 0 Å². The molecule has 0 aromatic rings. The lowest BCUT2D eigenvalue weighted by molar-refractivity contribution is -0.799. The highest BCUT2D eigenvalue weighted by Crippen LogP contribution is 1.98. The molecule has 3 N–H and O–H groups in total. The Morgan fingerprint density at radius 3 is 3.08 bits per heavy atom. The Bertz CT molecular complexity index is 189. The molecule has 0 bridgehead atoms. The summed E-state index contributed by atoms with van der Waals surface area (Å²) in [4.78, 5) is 0. The molecule has 1 heterocycles. The van der Waals surface area contributed by atoms with Crippen LogP contribution in [0.5, 0.6) is 0 Å². The third kappa shape index (κ3) is 2.64. The van der Waals surface area contributed by atoms with Gasteiger partial charge in [-0.25, -0.2) is 0 Å². The lowest BCUT2D eigenvalue weighted by atomic mass is 10.2. The van der Waals surface area contributed by atoms with Gasteiger partial charge in [0.05, 0.1) is 0 Å². The topological polar surface area (TPSA) is 55.5 Å². The van der Waals surface area contributed by atoms with Gasteiger partial charge in [0.15, 0.2) is 0 Å². The summed E-state index contributed by atoms with van der Waals surface area (Å²) in [5, 5.41) is 20.9. The number of hydrogen-bond acceptors (Lipinski definition) is 3. The van der Waals surface area contributed by atoms with Gasteiger partial charge in [0, 0.05) is 25.6 Å². The van der Waals surface area contributed by atoms with Crippen LogP contribution in [0.3, 0.4) is 0 Å². The van der Waals surface area contributed by atoms with Gasteiger partial charge in [-0.05, 0) is 11.2 Å². The van der Waals surface area contributed by atoms with Gasteiger partial charge in [-0.1, -0.05) is 6.08 Å². The van der Waals surface area contributed by atoms with Crippen LogP contribution in [0, 0.1) is 0 Å². The van der Waals surface area contributed by atoms with Crippen LogP contribution in [0.1, 0.15) is 12.8 Å². The van der Waals surface area contributed by atoms with E-state index in [2.05, 4.69) is 5.32 Å². The summed E-state index contributed by atoms with van der Waals surface area (Å²) in [6, 6.07) is 0. The first-order chi connectivity index (χ1) is 5.84. The molecule has 0 amide bonds. The third-order valence-corrected chi connectivity index (χ3v) is 1.77. The number of hydroxylamine groups is 1. The van der Waals surface area contributed by atoms with E-state index in [1.807, 2.05) is 12.2 Å². The fourth-order valence-electron chi connectivity index (χ4n) is 1.09. The van der Waals surface area contributed by atoms with E-state index in [1.165, 1.54) is 0 Å². The van der Waals surface area contributed by atoms with Gasteiger partial charge in [0.25, 0.3) is 6.17 Å². The summed E-state index contributed by atoms with van der Waals surface area (Å²) < 4.78 is 1.15. The van der Waals surface area contributed by atoms with Gasteiger partial charge in [-0.15, -0.1) is 0 Å². The zero-order valence-electron chi connectivity index (χ0n) is 6.98. The molecule has 12 heavy (non-hydrogen) atoms. The smallest absolute Gasteiger partial charge is 0.258 e. The Morgan fingerprint density at radius 1 is 1.58 bits per heavy atom. The van der Waals surface area contributed by atoms with Crippen LogP contribution in [-0.2, 0) is 0 Å². The normalized spacial score (nSPS) is 22.4. The number of aliphatic hydroxyl groups is 1. The number of aliphatic hydroxyl groups excluding tert-OH is 1. The molecule has 68 valence electrons. The van der Waals surface area contributed by atoms with Gasteiger partial charge in [0.1, 0.15) is 0 Å². The first-order valence-corrected chi connectivity index (χ1v) is 4.16. The number of nitrogens with zero attached hydrogens (tertiary/aromatic N) is 1. The number of nitrogens with one attached hydrogen (secondary N) is 1. The molecule has 4 nitrogen and oxygen atoms in total. The van der Waals surface area contributed by atoms with Crippen molar-refractivity contribution in [2.75, 3.05) is 13.2 Å². The maximum Gasteiger partial charge on any atom is 0.258 e. The van der Waals surface area contributed by atoms with Gasteiger partial charge < -0.3 is 5.11 Å². The fraction of sp³-hybridized carbons (Fsp3) is 0.625. The highest BCUT2D eigenvalue weighted by Gasteiger charge is 2.19. The molecule has 1 aliphatic heterocycles. The van der Waals surface area contributed by atoms with E-state index in [-0.39, 0.29) is 12.8 Å². The van der Waals surface area contributed by atoms with Crippen LogP contribution in [0.25, 0.3) is 0 Å². The van der Waals surface area contributed by atoms with Crippen LogP contribution < -0.4 is 5.32 Å². The highest BCUT2D eigenvalue weighted by atomic mass is 16.5. The predicted octanol–water partition coefficient (Wildman–Crippen LogP) is -0.283. The number of rotatable bonds is 4. The molecule has 1 unspecified atom stereocenters. The molecular weight excluding hydrogens is 156 g/mol. The minimum Gasteiger partial charge on any atom is -0.396 e. The van der Waals surface area contributed by atoms with E-state index < -0.39 is 0 Å². The zero-order valence-corrected chi connectivity index (χ0v) is 6.98. The molecule has 0 fully saturated rings. The minimum atomic E-state index is -0.0402. The maximum absolute atomic E-state index is 9.27. The van der Waals surface area contributed by atoms with Crippen molar-refractivity contribution >= 4 is 6.21 Å². The van der Waals surface area contributed by atoms with Crippen molar-refractivity contribution in [3.63, 3.8) is 0 Å². The highest BCUT2D eigenvalue weighted by molar-refractivity contribution is 5.66. The van der Waals surface area contributed by atoms with E-state index in [4.69, 9.17) is 5.11 Å². The quantitative estimate of drug-likeness (QED) is 0.310. The van der Waals surface area contributed by atoms with E-state index in [0.717, 1.165) is 17.7 Å². The first kappa shape index (κ1) is 9.22. The molecule has 4 heteroatoms. The van der Waals surface area contributed by atoms with Gasteiger partial charge in [0.2, 0.25) is 6.21 Å². The molecule has 1 aliphatic rings. The Labute approximate surface area is 71.8 Å². The Kier molecular flexibility index (Phi) is 3.76. The second kappa shape index (κ2) is 4.90. The van der Waals surface area contributed by atoms with Crippen LogP contribution in [-0.4, -0.2) is 40.6 Å². The van der Waals surface area contributed by atoms with Gasteiger partial charge >= 0.3 is 0 Å². The summed E-state index contributed by atoms with van der Waals surface area (Å²) in [7, 11) is 0. The van der Waals surface area contributed by atoms with Crippen molar-refractivity contribution in [2.45, 2.75) is 19.0 Å². The molecule has 0 saturated carbocycles. The molecule has 0 aliphatic carbocycles. The lowest BCUT2D eigenvalue weighted by Gasteiger charge is -2.11. The molecule has 1 rings (SSSR count). The lowest BCUT2D eigenvalue weighted by Crippen LogP contribution is -2.40. The summed E-state index contributed by atoms with van der Waals surface area (Å²) in [6.07, 6.45) is 6.88. The summed E-state index contributed by atoms with van der Waals surface area (Å²) >= 11 is 0. The summed E-state index contributed by atoms with van der Waals surface area (Å²) in [5.74, 6) is 0. The second-order valence-electron chi connectivity index (χ2n) is 2.74. The standard InChI is InChI=1S/C8H15N2O2/c11-7-3-5-9-8-4-1-2-6-10(8)12/h1-2,6,8-9,11-12H,3-5,7H2/q+1. The maximum atomic E-state index is 9.27. The monoisotopic (exact) mass is 171 g/mol. The molecule has 0 aromatic carbocycles. The average Bonchev–Trinajstić information content (AvgIpc) is 2.09. The summed E-state index contributed by atoms with van der Waals surface area (Å²) in [6.45, 7) is 0.907. The van der Waals surface area contributed by atoms with Crippen molar-refractivity contribution in [1.29, 1.82) is 0 Å². The molecule has 0 spiro atoms. The predicted molar refractivity (Wildman–Crippen MR) is 45.4 cm³/mol. The molecule has 0 saturated heterocycles. The van der Waals surface area contributed by atoms with E-state index in [9.17, 15) is 5.21 Å². The van der Waals surface area contributed by atoms with Crippen molar-refractivity contribution in [3.8, 4) is 0 Å².